The Kier molecular flexibility index (Phi) is 15.8. The third-order valence-electron chi connectivity index (χ3n) is 20.2. The van der Waals surface area contributed by atoms with Gasteiger partial charge < -0.3 is 38.6 Å². The van der Waals surface area contributed by atoms with Crippen LogP contribution in [0.1, 0.15) is 176 Å². The summed E-state index contributed by atoms with van der Waals surface area (Å²) in [5.41, 5.74) is 6.71. The summed E-state index contributed by atoms with van der Waals surface area (Å²) in [5, 5.41) is 20.4. The number of hydrogen-bond acceptors (Lipinski definition) is 9. The van der Waals surface area contributed by atoms with E-state index in [1.807, 2.05) is 12.1 Å². The number of methoxy groups -OCH3 is 6. The number of carbonyl (C=O) groups excluding carboxylic acids is 1. The minimum atomic E-state index is -0.901. The van der Waals surface area contributed by atoms with Crippen molar-refractivity contribution < 1.29 is 48.2 Å². The Morgan fingerprint density at radius 2 is 0.753 bits per heavy atom. The van der Waals surface area contributed by atoms with Crippen molar-refractivity contribution in [2.75, 3.05) is 49.3 Å². The number of halogens is 1. The molecule has 2 N–H and O–H groups in total. The standard InChI is InChI=1S/C22H29ClO3.C22H30O4.C22H32O3/c2*1-20(2,3)14-11-16(25-6)18(17(12-14)26-7)15-10-13-8-9-22(15,19(23)24)21(13,4)5;1-20(2,3)15-11-17(24-6)19(18(12-15)25-7)16-10-14-8-9-22(16,13-23)21(14,4)5/h10-13H,8-9H2,1-7H3;10-13H,8-9H2,1-7H3,(H,23,24);10-12,14,23H,8-9,13H2,1-7H3/t2*13-,22+;14-,22-/m111/s1. The minimum Gasteiger partial charge on any atom is -0.496 e. The Morgan fingerprint density at radius 3 is 1.01 bits per heavy atom. The zero-order valence-electron chi connectivity index (χ0n) is 50.4. The number of allylic oxidation sites excluding steroid dienone is 4. The average Bonchev–Trinajstić information content (AvgIpc) is 4.20. The molecule has 6 aliphatic carbocycles. The molecule has 0 heterocycles. The van der Waals surface area contributed by atoms with Crippen LogP contribution >= 0.6 is 11.6 Å². The Bertz CT molecular complexity index is 2690. The molecule has 0 radical (unpaired) electrons. The molecule has 0 amide bonds. The predicted molar refractivity (Wildman–Crippen MR) is 311 cm³/mol. The second-order valence-electron chi connectivity index (χ2n) is 27.5. The fraction of sp³-hybridized carbons (Fsp3) is 0.606. The van der Waals surface area contributed by atoms with Gasteiger partial charge in [-0.05, 0) is 170 Å². The average molecular weight is 1080 g/mol. The van der Waals surface area contributed by atoms with Crippen LogP contribution in [0, 0.1) is 50.2 Å². The van der Waals surface area contributed by atoms with E-state index < -0.39 is 16.8 Å². The van der Waals surface area contributed by atoms with Gasteiger partial charge in [-0.1, -0.05) is 122 Å². The number of benzene rings is 3. The Balaban J connectivity index is 0.000000168. The number of aliphatic carboxylic acids is 1. The summed E-state index contributed by atoms with van der Waals surface area (Å²) in [6, 6.07) is 12.4. The van der Waals surface area contributed by atoms with Gasteiger partial charge in [-0.25, -0.2) is 0 Å². The van der Waals surface area contributed by atoms with E-state index in [-0.39, 0.29) is 55.7 Å². The van der Waals surface area contributed by atoms with E-state index in [0.717, 1.165) is 94.1 Å². The molecule has 6 aliphatic rings. The maximum atomic E-state index is 12.7. The van der Waals surface area contributed by atoms with E-state index in [1.165, 1.54) is 11.1 Å². The maximum absolute atomic E-state index is 12.7. The number of ether oxygens (including phenoxy) is 6. The maximum Gasteiger partial charge on any atom is 0.314 e. The van der Waals surface area contributed by atoms with Crippen LogP contribution in [0.2, 0.25) is 0 Å². The Labute approximate surface area is 466 Å². The summed E-state index contributed by atoms with van der Waals surface area (Å²) in [4.78, 5) is 25.2. The monoisotopic (exact) mass is 1080 g/mol. The molecule has 0 aromatic heterocycles. The number of carboxylic acids is 1. The van der Waals surface area contributed by atoms with Crippen molar-refractivity contribution in [3.63, 3.8) is 0 Å². The summed E-state index contributed by atoms with van der Waals surface area (Å²) < 4.78 is 34.6. The van der Waals surface area contributed by atoms with Gasteiger partial charge in [0.1, 0.15) is 34.5 Å². The molecule has 10 nitrogen and oxygen atoms in total. The van der Waals surface area contributed by atoms with Gasteiger partial charge in [-0.3, -0.25) is 9.59 Å². The first-order valence-electron chi connectivity index (χ1n) is 27.6. The van der Waals surface area contributed by atoms with Crippen molar-refractivity contribution >= 4 is 39.5 Å². The molecular weight excluding hydrogens is 988 g/mol. The topological polar surface area (TPSA) is 130 Å². The molecule has 9 rings (SSSR count). The normalized spacial score (nSPS) is 26.8. The number of aliphatic hydroxyl groups excluding tert-OH is 1. The van der Waals surface area contributed by atoms with E-state index in [4.69, 9.17) is 40.0 Å². The second-order valence-corrected chi connectivity index (χ2v) is 27.8. The highest BCUT2D eigenvalue weighted by Gasteiger charge is 2.66. The van der Waals surface area contributed by atoms with Crippen molar-refractivity contribution in [3.05, 3.63) is 88.0 Å². The zero-order valence-corrected chi connectivity index (χ0v) is 51.2. The van der Waals surface area contributed by atoms with E-state index in [0.29, 0.717) is 29.8 Å². The third-order valence-corrected chi connectivity index (χ3v) is 20.5. The van der Waals surface area contributed by atoms with Crippen molar-refractivity contribution in [1.29, 1.82) is 0 Å². The molecule has 3 aromatic carbocycles. The highest BCUT2D eigenvalue weighted by Crippen LogP contribution is 2.72. The fourth-order valence-electron chi connectivity index (χ4n) is 14.6. The molecule has 6 bridgehead atoms. The van der Waals surface area contributed by atoms with Crippen molar-refractivity contribution in [3.8, 4) is 34.5 Å². The Morgan fingerprint density at radius 1 is 0.481 bits per heavy atom. The van der Waals surface area contributed by atoms with Crippen LogP contribution in [0.5, 0.6) is 34.5 Å². The van der Waals surface area contributed by atoms with Crippen LogP contribution in [0.15, 0.2) is 54.6 Å². The van der Waals surface area contributed by atoms with E-state index in [1.54, 1.807) is 42.7 Å². The molecule has 422 valence electrons. The van der Waals surface area contributed by atoms with Gasteiger partial charge in [-0.15, -0.1) is 0 Å². The summed E-state index contributed by atoms with van der Waals surface area (Å²) >= 11 is 6.23. The van der Waals surface area contributed by atoms with Crippen molar-refractivity contribution in [2.24, 2.45) is 50.2 Å². The van der Waals surface area contributed by atoms with Gasteiger partial charge in [0.25, 0.3) is 0 Å². The number of aliphatic hydroxyl groups is 1. The van der Waals surface area contributed by atoms with Gasteiger partial charge in [0, 0.05) is 5.41 Å². The number of hydrogen-bond donors (Lipinski definition) is 2. The van der Waals surface area contributed by atoms with Crippen molar-refractivity contribution in [2.45, 2.75) is 159 Å². The first-order valence-corrected chi connectivity index (χ1v) is 28.0. The number of carboxylic acid groups (broad SMARTS) is 1. The first-order chi connectivity index (χ1) is 35.6. The smallest absolute Gasteiger partial charge is 0.314 e. The SMILES string of the molecule is COc1cc(C(C)(C)C)cc(OC)c1C1=C[C@H]2CC[C@]1(C(=O)Cl)C2(C)C.COc1cc(C(C)(C)C)cc(OC)c1C1=C[C@H]2CC[C@]1(C(=O)O)C2(C)C.COc1cc(C(C)(C)C)cc(OC)c1C1=C[C@H]2CC[C@]1(CO)C2(C)C. The number of rotatable bonds is 12. The van der Waals surface area contributed by atoms with Gasteiger partial charge >= 0.3 is 5.97 Å². The molecule has 6 atom stereocenters. The lowest BCUT2D eigenvalue weighted by Gasteiger charge is -2.40. The van der Waals surface area contributed by atoms with Crippen LogP contribution in [-0.4, -0.2) is 70.7 Å². The lowest BCUT2D eigenvalue weighted by Crippen LogP contribution is -2.40. The lowest BCUT2D eigenvalue weighted by atomic mass is 9.64. The molecule has 0 saturated heterocycles. The zero-order chi connectivity index (χ0) is 57.6. The molecular formula is C66H91ClO10. The van der Waals surface area contributed by atoms with Crippen LogP contribution in [0.4, 0.5) is 0 Å². The summed E-state index contributed by atoms with van der Waals surface area (Å²) in [6.07, 6.45) is 12.2. The minimum absolute atomic E-state index is 0.0100. The molecule has 0 unspecified atom stereocenters. The van der Waals surface area contributed by atoms with Gasteiger partial charge in [-0.2, -0.15) is 0 Å². The predicted octanol–water partition coefficient (Wildman–Crippen LogP) is 15.3. The molecule has 0 aliphatic heterocycles. The third kappa shape index (κ3) is 9.10. The van der Waals surface area contributed by atoms with Crippen LogP contribution < -0.4 is 28.4 Å². The van der Waals surface area contributed by atoms with Gasteiger partial charge in [0.05, 0.1) is 76.8 Å². The molecule has 3 aromatic rings. The number of fused-ring (bicyclic) bond motifs is 6. The summed E-state index contributed by atoms with van der Waals surface area (Å²) in [7, 11) is 10.0. The molecule has 3 fully saturated rings. The largest absolute Gasteiger partial charge is 0.496 e. The molecule has 77 heavy (non-hydrogen) atoms. The number of carbonyl (C=O) groups is 2. The van der Waals surface area contributed by atoms with Gasteiger partial charge in [0.2, 0.25) is 5.24 Å². The van der Waals surface area contributed by atoms with E-state index >= 15 is 0 Å². The second kappa shape index (κ2) is 20.3. The van der Waals surface area contributed by atoms with Crippen molar-refractivity contribution in [1.82, 2.24) is 0 Å². The summed E-state index contributed by atoms with van der Waals surface area (Å²) in [5.74, 6) is 4.85. The lowest BCUT2D eigenvalue weighted by molar-refractivity contribution is -0.149. The molecule has 3 saturated carbocycles. The first kappa shape index (κ1) is 59.7. The quantitative estimate of drug-likeness (QED) is 0.169. The van der Waals surface area contributed by atoms with Crippen LogP contribution in [0.3, 0.4) is 0 Å². The highest BCUT2D eigenvalue weighted by molar-refractivity contribution is 6.66. The molecule has 0 spiro atoms. The van der Waals surface area contributed by atoms with Crippen LogP contribution in [-0.2, 0) is 25.8 Å². The highest BCUT2D eigenvalue weighted by atomic mass is 35.5. The van der Waals surface area contributed by atoms with Crippen LogP contribution in [0.25, 0.3) is 16.7 Å². The Hall–Kier alpha value is -4.93. The van der Waals surface area contributed by atoms with Gasteiger partial charge in [0.15, 0.2) is 0 Å². The summed E-state index contributed by atoms with van der Waals surface area (Å²) in [6.45, 7) is 32.6. The fourth-order valence-corrected chi connectivity index (χ4v) is 15.1. The van der Waals surface area contributed by atoms with E-state index in [9.17, 15) is 19.8 Å². The molecule has 11 heteroatoms. The van der Waals surface area contributed by atoms with E-state index in [2.05, 4.69) is 146 Å².